The van der Waals surface area contributed by atoms with Crippen LogP contribution in [0.5, 0.6) is 28.7 Å². The molecule has 1 spiro atoms. The highest BCUT2D eigenvalue weighted by atomic mass is 32.2. The van der Waals surface area contributed by atoms with Gasteiger partial charge in [-0.15, -0.1) is 0 Å². The van der Waals surface area contributed by atoms with Crippen molar-refractivity contribution in [1.29, 1.82) is 0 Å². The molecule has 1 saturated carbocycles. The first kappa shape index (κ1) is 42.0. The van der Waals surface area contributed by atoms with E-state index < -0.39 is 5.60 Å². The monoisotopic (exact) mass is 844 g/mol. The summed E-state index contributed by atoms with van der Waals surface area (Å²) in [5.41, 5.74) is 10.2. The van der Waals surface area contributed by atoms with Gasteiger partial charge in [-0.05, 0) is 152 Å². The van der Waals surface area contributed by atoms with E-state index in [9.17, 15) is 0 Å². The Labute approximate surface area is 372 Å². The quantitative estimate of drug-likeness (QED) is 0.115. The fraction of sp³-hybridized carbons (Fsp3) is 0.357. The van der Waals surface area contributed by atoms with E-state index in [0.717, 1.165) is 75.0 Å². The van der Waals surface area contributed by atoms with Gasteiger partial charge in [-0.3, -0.25) is 0 Å². The van der Waals surface area contributed by atoms with Gasteiger partial charge >= 0.3 is 0 Å². The summed E-state index contributed by atoms with van der Waals surface area (Å²) in [5.74, 6) is 4.29. The third kappa shape index (κ3) is 6.85. The van der Waals surface area contributed by atoms with Gasteiger partial charge in [-0.25, -0.2) is 0 Å². The van der Waals surface area contributed by atoms with Gasteiger partial charge in [0.05, 0.1) is 32.3 Å². The van der Waals surface area contributed by atoms with Crippen molar-refractivity contribution in [1.82, 2.24) is 0 Å². The van der Waals surface area contributed by atoms with Crippen molar-refractivity contribution in [3.63, 3.8) is 0 Å². The van der Waals surface area contributed by atoms with Crippen molar-refractivity contribution < 1.29 is 23.7 Å². The van der Waals surface area contributed by atoms with Gasteiger partial charge in [0, 0.05) is 32.4 Å². The lowest BCUT2D eigenvalue weighted by Crippen LogP contribution is -2.38. The van der Waals surface area contributed by atoms with Gasteiger partial charge in [0.1, 0.15) is 28.7 Å². The van der Waals surface area contributed by atoms with Gasteiger partial charge in [0.25, 0.3) is 0 Å². The molecule has 1 fully saturated rings. The number of ether oxygens (including phenoxy) is 5. The van der Waals surface area contributed by atoms with Gasteiger partial charge in [-0.1, -0.05) is 100.0 Å². The fourth-order valence-electron chi connectivity index (χ4n) is 10.8. The second-order valence-electron chi connectivity index (χ2n) is 17.6. The zero-order chi connectivity index (χ0) is 43.2. The summed E-state index contributed by atoms with van der Waals surface area (Å²) in [5, 5.41) is 2.22. The maximum absolute atomic E-state index is 7.85. The molecule has 9 rings (SSSR count). The predicted molar refractivity (Wildman–Crippen MR) is 255 cm³/mol. The Morgan fingerprint density at radius 3 is 1.92 bits per heavy atom. The Hall–Kier alpha value is -5.33. The molecule has 320 valence electrons. The highest BCUT2D eigenvalue weighted by molar-refractivity contribution is 7.99. The van der Waals surface area contributed by atoms with Crippen LogP contribution in [0, 0.1) is 19.3 Å². The summed E-state index contributed by atoms with van der Waals surface area (Å²) in [7, 11) is 3.58. The van der Waals surface area contributed by atoms with E-state index in [2.05, 4.69) is 144 Å². The van der Waals surface area contributed by atoms with Crippen molar-refractivity contribution in [2.75, 3.05) is 27.4 Å². The molecular weight excluding hydrogens is 785 g/mol. The number of aryl methyl sites for hydroxylation is 2. The van der Waals surface area contributed by atoms with Gasteiger partial charge in [0.15, 0.2) is 5.60 Å². The van der Waals surface area contributed by atoms with E-state index in [1.807, 2.05) is 6.92 Å². The Morgan fingerprint density at radius 2 is 1.32 bits per heavy atom. The van der Waals surface area contributed by atoms with Crippen LogP contribution >= 0.6 is 11.8 Å². The first-order valence-electron chi connectivity index (χ1n) is 22.7. The first-order valence-corrected chi connectivity index (χ1v) is 23.5. The smallest absolute Gasteiger partial charge is 0.178 e. The van der Waals surface area contributed by atoms with Crippen LogP contribution in [0.4, 0.5) is 0 Å². The molecule has 6 heteroatoms. The Balaban J connectivity index is 1.34. The zero-order valence-corrected chi connectivity index (χ0v) is 38.5. The van der Waals surface area contributed by atoms with E-state index in [0.29, 0.717) is 18.6 Å². The topological polar surface area (TPSA) is 46.2 Å². The van der Waals surface area contributed by atoms with Crippen LogP contribution < -0.4 is 23.7 Å². The van der Waals surface area contributed by atoms with Crippen molar-refractivity contribution in [3.8, 4) is 39.9 Å². The van der Waals surface area contributed by atoms with E-state index in [1.165, 1.54) is 69.3 Å². The standard InChI is InChI=1S/C56H60O5S/c1-9-32-60-41-22-18-39(19-23-41)56(38-16-20-40(21-17-38)59-12-4)27-26-44-51-50(43-25-24-42(57-7)33-47(43)55(51)30-28-54(10-2,11-3)29-31-55)45-35-49(48(58-8)34-46(45)52(44)61-56)62-53-36(5)14-13-15-37(53)6/h13-27,33-35H,9-12,28-32H2,1-8H3. The van der Waals surface area contributed by atoms with Gasteiger partial charge in [0.2, 0.25) is 0 Å². The van der Waals surface area contributed by atoms with Crippen molar-refractivity contribution in [3.05, 3.63) is 142 Å². The van der Waals surface area contributed by atoms with E-state index in [4.69, 9.17) is 23.7 Å². The van der Waals surface area contributed by atoms with Crippen molar-refractivity contribution >= 4 is 28.6 Å². The minimum absolute atomic E-state index is 0.212. The Morgan fingerprint density at radius 1 is 0.677 bits per heavy atom. The van der Waals surface area contributed by atoms with Gasteiger partial charge in [-0.2, -0.15) is 0 Å². The molecule has 3 aliphatic rings. The third-order valence-corrected chi connectivity index (χ3v) is 15.8. The highest BCUT2D eigenvalue weighted by Crippen LogP contribution is 2.65. The SMILES string of the molecule is CCCOc1ccc(C2(c3ccc(OCC)cc3)C=Cc3c4c(c5cc(Sc6c(C)cccc6C)c(OC)cc5c3O2)-c2ccc(OC)cc2C42CCC(CC)(CC)CC2)cc1. The zero-order valence-electron chi connectivity index (χ0n) is 37.7. The summed E-state index contributed by atoms with van der Waals surface area (Å²) < 4.78 is 32.2. The number of benzene rings is 6. The fourth-order valence-corrected chi connectivity index (χ4v) is 11.9. The van der Waals surface area contributed by atoms with Crippen LogP contribution in [0.15, 0.2) is 113 Å². The van der Waals surface area contributed by atoms with Crippen LogP contribution in [-0.4, -0.2) is 27.4 Å². The molecule has 0 amide bonds. The average molecular weight is 845 g/mol. The molecule has 1 atom stereocenters. The molecule has 0 bridgehead atoms. The summed E-state index contributed by atoms with van der Waals surface area (Å²) in [6.07, 6.45) is 12.5. The Kier molecular flexibility index (Phi) is 11.3. The minimum atomic E-state index is -0.949. The van der Waals surface area contributed by atoms with Crippen LogP contribution in [0.3, 0.4) is 0 Å². The van der Waals surface area contributed by atoms with E-state index in [-0.39, 0.29) is 5.41 Å². The van der Waals surface area contributed by atoms with E-state index in [1.54, 1.807) is 26.0 Å². The van der Waals surface area contributed by atoms with E-state index >= 15 is 0 Å². The largest absolute Gasteiger partial charge is 0.497 e. The number of fused-ring (bicyclic) bond motifs is 10. The molecule has 6 aromatic rings. The van der Waals surface area contributed by atoms with Crippen LogP contribution in [-0.2, 0) is 11.0 Å². The number of hydrogen-bond donors (Lipinski definition) is 0. The summed E-state index contributed by atoms with van der Waals surface area (Å²) in [4.78, 5) is 2.34. The molecular formula is C56H60O5S. The molecule has 0 saturated heterocycles. The van der Waals surface area contributed by atoms with Crippen molar-refractivity contribution in [2.45, 2.75) is 107 Å². The lowest BCUT2D eigenvalue weighted by molar-refractivity contribution is 0.132. The normalized spacial score (nSPS) is 17.9. The number of hydrogen-bond acceptors (Lipinski definition) is 6. The van der Waals surface area contributed by atoms with Crippen LogP contribution in [0.2, 0.25) is 0 Å². The molecule has 1 heterocycles. The molecule has 0 aromatic heterocycles. The summed E-state index contributed by atoms with van der Waals surface area (Å²) in [6.45, 7) is 14.6. The van der Waals surface area contributed by atoms with Crippen LogP contribution in [0.25, 0.3) is 28.0 Å². The maximum Gasteiger partial charge on any atom is 0.178 e. The predicted octanol–water partition coefficient (Wildman–Crippen LogP) is 14.8. The number of rotatable bonds is 13. The second-order valence-corrected chi connectivity index (χ2v) is 18.6. The molecule has 62 heavy (non-hydrogen) atoms. The number of methoxy groups -OCH3 is 2. The summed E-state index contributed by atoms with van der Waals surface area (Å²) >= 11 is 1.79. The second kappa shape index (κ2) is 16.7. The molecule has 5 nitrogen and oxygen atoms in total. The average Bonchev–Trinajstić information content (AvgIpc) is 3.59. The van der Waals surface area contributed by atoms with Gasteiger partial charge < -0.3 is 23.7 Å². The molecule has 1 aliphatic heterocycles. The minimum Gasteiger partial charge on any atom is -0.497 e. The third-order valence-electron chi connectivity index (χ3n) is 14.5. The molecule has 0 radical (unpaired) electrons. The lowest BCUT2D eigenvalue weighted by atomic mass is 9.58. The summed E-state index contributed by atoms with van der Waals surface area (Å²) in [6, 6.07) is 34.8. The maximum atomic E-state index is 7.85. The first-order chi connectivity index (χ1) is 30.2. The highest BCUT2D eigenvalue weighted by Gasteiger charge is 2.52. The molecule has 6 aromatic carbocycles. The Bertz CT molecular complexity index is 2630. The molecule has 1 unspecified atom stereocenters. The lowest BCUT2D eigenvalue weighted by Gasteiger charge is -2.47. The molecule has 2 aliphatic carbocycles. The molecule has 0 N–H and O–H groups in total. The van der Waals surface area contributed by atoms with Crippen molar-refractivity contribution in [2.24, 2.45) is 5.41 Å². The van der Waals surface area contributed by atoms with Crippen LogP contribution in [0.1, 0.15) is 112 Å².